The molecule has 0 radical (unpaired) electrons. The number of amidine groups is 1. The molecule has 1 saturated heterocycles. The summed E-state index contributed by atoms with van der Waals surface area (Å²) in [6, 6.07) is 2.96. The molecule has 0 saturated carbocycles. The minimum Gasteiger partial charge on any atom is -0.333 e. The molecule has 19 heavy (non-hydrogen) atoms. The van der Waals surface area contributed by atoms with Crippen molar-refractivity contribution < 1.29 is 17.2 Å². The van der Waals surface area contributed by atoms with E-state index in [9.17, 15) is 17.2 Å². The maximum absolute atomic E-state index is 13.5. The number of thioether (sulfide) groups is 1. The van der Waals surface area contributed by atoms with Gasteiger partial charge in [0, 0.05) is 11.3 Å². The van der Waals surface area contributed by atoms with Crippen molar-refractivity contribution in [3.8, 4) is 0 Å². The molecule has 3 rings (SSSR count). The quantitative estimate of drug-likeness (QED) is 0.857. The molecular weight excluding hydrogens is 294 g/mol. The van der Waals surface area contributed by atoms with Crippen LogP contribution in [0.15, 0.2) is 23.2 Å². The molecule has 4 nitrogen and oxygen atoms in total. The van der Waals surface area contributed by atoms with Gasteiger partial charge in [0.15, 0.2) is 15.0 Å². The third-order valence-electron chi connectivity index (χ3n) is 2.99. The van der Waals surface area contributed by atoms with Gasteiger partial charge in [0.25, 0.3) is 0 Å². The smallest absolute Gasteiger partial charge is 0.161 e. The second-order valence-corrected chi connectivity index (χ2v) is 7.87. The number of fused-ring (bicyclic) bond motifs is 1. The lowest BCUT2D eigenvalue weighted by atomic mass is 10.3. The van der Waals surface area contributed by atoms with E-state index in [1.54, 1.807) is 0 Å². The van der Waals surface area contributed by atoms with Crippen LogP contribution in [0.3, 0.4) is 0 Å². The molecule has 2 aliphatic heterocycles. The van der Waals surface area contributed by atoms with Crippen molar-refractivity contribution in [2.45, 2.75) is 11.3 Å². The number of halogens is 2. The molecule has 2 atom stereocenters. The number of nitrogens with one attached hydrogen (secondary N) is 1. The molecule has 0 spiro atoms. The van der Waals surface area contributed by atoms with Crippen LogP contribution in [0.5, 0.6) is 0 Å². The predicted octanol–water partition coefficient (Wildman–Crippen LogP) is 1.65. The van der Waals surface area contributed by atoms with E-state index in [0.717, 1.165) is 12.1 Å². The fraction of sp³-hybridized carbons (Fsp3) is 0.364. The molecule has 102 valence electrons. The zero-order chi connectivity index (χ0) is 13.6. The maximum Gasteiger partial charge on any atom is 0.161 e. The Labute approximate surface area is 113 Å². The number of nitrogens with zero attached hydrogens (tertiary/aromatic N) is 1. The van der Waals surface area contributed by atoms with Gasteiger partial charge < -0.3 is 5.32 Å². The standard InChI is InChI=1S/C11H10F2N2O2S2/c12-6-1-2-8(7(13)3-6)14-11-15-9-4-19(16,17)5-10(9)18-11/h1-3,9-10H,4-5H2,(H,14,15)/t9-,10+/m0/s1. The monoisotopic (exact) mass is 304 g/mol. The molecule has 1 N–H and O–H groups in total. The highest BCUT2D eigenvalue weighted by atomic mass is 32.2. The summed E-state index contributed by atoms with van der Waals surface area (Å²) in [5.41, 5.74) is 0.135. The Bertz CT molecular complexity index is 661. The third-order valence-corrected chi connectivity index (χ3v) is 6.13. The fourth-order valence-electron chi connectivity index (χ4n) is 2.12. The average molecular weight is 304 g/mol. The molecular formula is C11H10F2N2O2S2. The van der Waals surface area contributed by atoms with Gasteiger partial charge in [-0.1, -0.05) is 11.8 Å². The Kier molecular flexibility index (Phi) is 3.01. The summed E-state index contributed by atoms with van der Waals surface area (Å²) >= 11 is 1.29. The topological polar surface area (TPSA) is 58.5 Å². The van der Waals surface area contributed by atoms with Gasteiger partial charge >= 0.3 is 0 Å². The number of anilines is 1. The van der Waals surface area contributed by atoms with Crippen LogP contribution in [-0.4, -0.2) is 36.4 Å². The van der Waals surface area contributed by atoms with Gasteiger partial charge in [0.05, 0.1) is 23.2 Å². The summed E-state index contributed by atoms with van der Waals surface area (Å²) in [6.07, 6.45) is 0. The predicted molar refractivity (Wildman–Crippen MR) is 71.2 cm³/mol. The molecule has 1 aromatic rings. The fourth-order valence-corrected chi connectivity index (χ4v) is 5.79. The van der Waals surface area contributed by atoms with Gasteiger partial charge in [-0.15, -0.1) is 0 Å². The lowest BCUT2D eigenvalue weighted by molar-refractivity contribution is 0.586. The Morgan fingerprint density at radius 1 is 1.32 bits per heavy atom. The zero-order valence-corrected chi connectivity index (χ0v) is 11.3. The van der Waals surface area contributed by atoms with Gasteiger partial charge in [0.1, 0.15) is 11.6 Å². The van der Waals surface area contributed by atoms with Crippen LogP contribution < -0.4 is 5.32 Å². The van der Waals surface area contributed by atoms with Crippen LogP contribution in [0.1, 0.15) is 0 Å². The molecule has 0 aromatic heterocycles. The van der Waals surface area contributed by atoms with Gasteiger partial charge in [-0.3, -0.25) is 4.99 Å². The highest BCUT2D eigenvalue weighted by Gasteiger charge is 2.42. The minimum absolute atomic E-state index is 0.0434. The highest BCUT2D eigenvalue weighted by molar-refractivity contribution is 8.15. The maximum atomic E-state index is 13.5. The lowest BCUT2D eigenvalue weighted by Crippen LogP contribution is -2.13. The number of aliphatic imine (C=N–C) groups is 1. The van der Waals surface area contributed by atoms with Crippen molar-refractivity contribution in [3.63, 3.8) is 0 Å². The lowest BCUT2D eigenvalue weighted by Gasteiger charge is -2.07. The van der Waals surface area contributed by atoms with Crippen LogP contribution in [0.4, 0.5) is 14.5 Å². The second kappa shape index (κ2) is 4.45. The van der Waals surface area contributed by atoms with Crippen molar-refractivity contribution in [2.75, 3.05) is 16.8 Å². The summed E-state index contributed by atoms with van der Waals surface area (Å²) in [5, 5.41) is 3.15. The molecule has 2 aliphatic rings. The van der Waals surface area contributed by atoms with E-state index >= 15 is 0 Å². The largest absolute Gasteiger partial charge is 0.333 e. The number of hydrogen-bond donors (Lipinski definition) is 1. The SMILES string of the molecule is O=S1(=O)C[C@@H]2N=C(Nc3ccc(F)cc3F)S[C@@H]2C1. The molecule has 1 fully saturated rings. The van der Waals surface area contributed by atoms with Crippen LogP contribution in [0, 0.1) is 11.6 Å². The third kappa shape index (κ3) is 2.59. The van der Waals surface area contributed by atoms with Crippen molar-refractivity contribution in [2.24, 2.45) is 4.99 Å². The van der Waals surface area contributed by atoms with E-state index in [0.29, 0.717) is 5.17 Å². The minimum atomic E-state index is -2.99. The highest BCUT2D eigenvalue weighted by Crippen LogP contribution is 2.34. The van der Waals surface area contributed by atoms with E-state index in [2.05, 4.69) is 10.3 Å². The first-order chi connectivity index (χ1) is 8.93. The first-order valence-corrected chi connectivity index (χ1v) is 8.30. The van der Waals surface area contributed by atoms with E-state index in [1.165, 1.54) is 17.8 Å². The van der Waals surface area contributed by atoms with E-state index < -0.39 is 21.5 Å². The zero-order valence-electron chi connectivity index (χ0n) is 9.64. The van der Waals surface area contributed by atoms with Gasteiger partial charge in [-0.25, -0.2) is 17.2 Å². The van der Waals surface area contributed by atoms with E-state index in [4.69, 9.17) is 0 Å². The Balaban J connectivity index is 1.76. The Morgan fingerprint density at radius 2 is 2.11 bits per heavy atom. The molecule has 1 aromatic carbocycles. The average Bonchev–Trinajstić information content (AvgIpc) is 2.75. The number of sulfone groups is 1. The van der Waals surface area contributed by atoms with Crippen molar-refractivity contribution >= 4 is 32.5 Å². The first-order valence-electron chi connectivity index (χ1n) is 5.60. The van der Waals surface area contributed by atoms with E-state index in [1.807, 2.05) is 0 Å². The molecule has 0 bridgehead atoms. The van der Waals surface area contributed by atoms with Crippen molar-refractivity contribution in [1.29, 1.82) is 0 Å². The number of hydrogen-bond acceptors (Lipinski definition) is 5. The molecule has 0 amide bonds. The van der Waals surface area contributed by atoms with Crippen molar-refractivity contribution in [3.05, 3.63) is 29.8 Å². The summed E-state index contributed by atoms with van der Waals surface area (Å²) < 4.78 is 49.0. The van der Waals surface area contributed by atoms with Gasteiger partial charge in [-0.05, 0) is 12.1 Å². The van der Waals surface area contributed by atoms with Crippen LogP contribution in [0.25, 0.3) is 0 Å². The Hall–Kier alpha value is -1.15. The molecule has 2 heterocycles. The van der Waals surface area contributed by atoms with Crippen LogP contribution >= 0.6 is 11.8 Å². The summed E-state index contributed by atoms with van der Waals surface area (Å²) in [7, 11) is -2.99. The van der Waals surface area contributed by atoms with Crippen LogP contribution in [0.2, 0.25) is 0 Å². The Morgan fingerprint density at radius 3 is 2.79 bits per heavy atom. The van der Waals surface area contributed by atoms with Crippen LogP contribution in [-0.2, 0) is 9.84 Å². The normalized spacial score (nSPS) is 28.0. The number of rotatable bonds is 1. The molecule has 8 heteroatoms. The summed E-state index contributed by atoms with van der Waals surface area (Å²) in [4.78, 5) is 4.23. The second-order valence-electron chi connectivity index (χ2n) is 4.48. The van der Waals surface area contributed by atoms with Gasteiger partial charge in [-0.2, -0.15) is 0 Å². The molecule has 0 unspecified atom stereocenters. The van der Waals surface area contributed by atoms with E-state index in [-0.39, 0.29) is 28.5 Å². The first kappa shape index (κ1) is 12.9. The summed E-state index contributed by atoms with van der Waals surface area (Å²) in [6.45, 7) is 0. The summed E-state index contributed by atoms with van der Waals surface area (Å²) in [5.74, 6) is -1.20. The molecule has 0 aliphatic carbocycles. The van der Waals surface area contributed by atoms with Gasteiger partial charge in [0.2, 0.25) is 0 Å². The number of benzene rings is 1. The van der Waals surface area contributed by atoms with Crippen molar-refractivity contribution in [1.82, 2.24) is 0 Å².